The van der Waals surface area contributed by atoms with Crippen molar-refractivity contribution in [2.75, 3.05) is 25.0 Å². The van der Waals surface area contributed by atoms with Gasteiger partial charge in [0, 0.05) is 17.8 Å². The summed E-state index contributed by atoms with van der Waals surface area (Å²) in [5.41, 5.74) is 1.28. The minimum atomic E-state index is -0.105. The predicted octanol–water partition coefficient (Wildman–Crippen LogP) is 1.76. The normalized spacial score (nSPS) is 10.1. The summed E-state index contributed by atoms with van der Waals surface area (Å²) in [5.74, 6) is -0.182. The van der Waals surface area contributed by atoms with E-state index in [1.165, 1.54) is 0 Å². The van der Waals surface area contributed by atoms with Gasteiger partial charge < -0.3 is 16.0 Å². The lowest BCUT2D eigenvalue weighted by atomic mass is 10.2. The van der Waals surface area contributed by atoms with Crippen LogP contribution in [0.3, 0.4) is 0 Å². The molecule has 0 heterocycles. The number of nitrogens with one attached hydrogen (secondary N) is 3. The second-order valence-electron chi connectivity index (χ2n) is 4.52. The Bertz CT molecular complexity index is 429. The summed E-state index contributed by atoms with van der Waals surface area (Å²) in [6.07, 6.45) is 2.17. The molecule has 0 unspecified atom stereocenters. The summed E-state index contributed by atoms with van der Waals surface area (Å²) in [6, 6.07) is 6.86. The van der Waals surface area contributed by atoms with Crippen molar-refractivity contribution in [1.82, 2.24) is 10.6 Å². The summed E-state index contributed by atoms with van der Waals surface area (Å²) < 4.78 is 0. The third-order valence-electron chi connectivity index (χ3n) is 2.76. The van der Waals surface area contributed by atoms with Crippen LogP contribution < -0.4 is 16.0 Å². The number of unbranched alkanes of at least 4 members (excludes halogenated alkanes) is 1. The highest BCUT2D eigenvalue weighted by Gasteiger charge is 2.05. The lowest BCUT2D eigenvalue weighted by molar-refractivity contribution is -0.115. The SMILES string of the molecule is CCCCNCC(=O)Nc1ccc(C(=O)NCC)cc1. The summed E-state index contributed by atoms with van der Waals surface area (Å²) in [4.78, 5) is 23.2. The quantitative estimate of drug-likeness (QED) is 0.634. The Labute approximate surface area is 120 Å². The summed E-state index contributed by atoms with van der Waals surface area (Å²) in [7, 11) is 0. The number of carbonyl (C=O) groups excluding carboxylic acids is 2. The van der Waals surface area contributed by atoms with Crippen molar-refractivity contribution in [3.63, 3.8) is 0 Å². The molecule has 5 heteroatoms. The fraction of sp³-hybridized carbons (Fsp3) is 0.467. The Morgan fingerprint density at radius 2 is 1.80 bits per heavy atom. The zero-order valence-corrected chi connectivity index (χ0v) is 12.2. The largest absolute Gasteiger partial charge is 0.352 e. The van der Waals surface area contributed by atoms with Crippen molar-refractivity contribution >= 4 is 17.5 Å². The van der Waals surface area contributed by atoms with Crippen molar-refractivity contribution in [2.45, 2.75) is 26.7 Å². The van der Waals surface area contributed by atoms with Crippen LogP contribution in [-0.2, 0) is 4.79 Å². The van der Waals surface area contributed by atoms with Gasteiger partial charge in [-0.2, -0.15) is 0 Å². The maximum absolute atomic E-state index is 11.6. The molecular formula is C15H23N3O2. The summed E-state index contributed by atoms with van der Waals surface area (Å²) in [5, 5.41) is 8.59. The fourth-order valence-corrected chi connectivity index (χ4v) is 1.68. The molecule has 0 aliphatic carbocycles. The molecule has 5 nitrogen and oxygen atoms in total. The predicted molar refractivity (Wildman–Crippen MR) is 80.9 cm³/mol. The average Bonchev–Trinajstić information content (AvgIpc) is 2.45. The van der Waals surface area contributed by atoms with Crippen molar-refractivity contribution in [1.29, 1.82) is 0 Å². The molecule has 2 amide bonds. The molecule has 3 N–H and O–H groups in total. The van der Waals surface area contributed by atoms with Crippen LogP contribution in [0.25, 0.3) is 0 Å². The minimum Gasteiger partial charge on any atom is -0.352 e. The molecule has 110 valence electrons. The summed E-state index contributed by atoms with van der Waals surface area (Å²) >= 11 is 0. The van der Waals surface area contributed by atoms with Crippen LogP contribution in [0.4, 0.5) is 5.69 Å². The van der Waals surface area contributed by atoms with E-state index in [2.05, 4.69) is 22.9 Å². The van der Waals surface area contributed by atoms with Crippen LogP contribution in [0.15, 0.2) is 24.3 Å². The second-order valence-corrected chi connectivity index (χ2v) is 4.52. The third kappa shape index (κ3) is 5.84. The van der Waals surface area contributed by atoms with Crippen LogP contribution in [-0.4, -0.2) is 31.4 Å². The van der Waals surface area contributed by atoms with E-state index in [0.717, 1.165) is 19.4 Å². The molecular weight excluding hydrogens is 254 g/mol. The van der Waals surface area contributed by atoms with Gasteiger partial charge in [-0.3, -0.25) is 9.59 Å². The van der Waals surface area contributed by atoms with Gasteiger partial charge in [0.2, 0.25) is 5.91 Å². The average molecular weight is 277 g/mol. The van der Waals surface area contributed by atoms with Crippen LogP contribution in [0.2, 0.25) is 0 Å². The molecule has 0 aliphatic rings. The van der Waals surface area contributed by atoms with E-state index in [1.54, 1.807) is 24.3 Å². The number of hydrogen-bond acceptors (Lipinski definition) is 3. The molecule has 0 fully saturated rings. The zero-order valence-electron chi connectivity index (χ0n) is 12.2. The second kappa shape index (κ2) is 9.09. The number of amides is 2. The maximum atomic E-state index is 11.6. The van der Waals surface area contributed by atoms with Crippen molar-refractivity contribution < 1.29 is 9.59 Å². The highest BCUT2D eigenvalue weighted by molar-refractivity contribution is 5.96. The van der Waals surface area contributed by atoms with E-state index in [9.17, 15) is 9.59 Å². The van der Waals surface area contributed by atoms with E-state index < -0.39 is 0 Å². The standard InChI is InChI=1S/C15H23N3O2/c1-3-5-10-16-11-14(19)18-13-8-6-12(7-9-13)15(20)17-4-2/h6-9,16H,3-5,10-11H2,1-2H3,(H,17,20)(H,18,19). The summed E-state index contributed by atoms with van der Waals surface area (Å²) in [6.45, 7) is 5.73. The number of hydrogen-bond donors (Lipinski definition) is 3. The molecule has 0 saturated heterocycles. The van der Waals surface area contributed by atoms with Crippen molar-refractivity contribution in [3.05, 3.63) is 29.8 Å². The molecule has 0 atom stereocenters. The van der Waals surface area contributed by atoms with Crippen LogP contribution in [0.1, 0.15) is 37.0 Å². The first-order valence-corrected chi connectivity index (χ1v) is 7.06. The van der Waals surface area contributed by atoms with E-state index in [0.29, 0.717) is 24.3 Å². The van der Waals surface area contributed by atoms with Crippen LogP contribution in [0, 0.1) is 0 Å². The van der Waals surface area contributed by atoms with E-state index in [4.69, 9.17) is 0 Å². The number of carbonyl (C=O) groups is 2. The smallest absolute Gasteiger partial charge is 0.251 e. The lowest BCUT2D eigenvalue weighted by Gasteiger charge is -2.07. The van der Waals surface area contributed by atoms with Gasteiger partial charge in [-0.25, -0.2) is 0 Å². The van der Waals surface area contributed by atoms with Crippen LogP contribution >= 0.6 is 0 Å². The Morgan fingerprint density at radius 1 is 1.10 bits per heavy atom. The topological polar surface area (TPSA) is 70.2 Å². The van der Waals surface area contributed by atoms with Gasteiger partial charge in [0.25, 0.3) is 5.91 Å². The number of anilines is 1. The Morgan fingerprint density at radius 3 is 2.40 bits per heavy atom. The molecule has 1 aromatic carbocycles. The highest BCUT2D eigenvalue weighted by atomic mass is 16.2. The molecule has 1 rings (SSSR count). The van der Waals surface area contributed by atoms with Crippen LogP contribution in [0.5, 0.6) is 0 Å². The molecule has 20 heavy (non-hydrogen) atoms. The van der Waals surface area contributed by atoms with Crippen molar-refractivity contribution in [3.8, 4) is 0 Å². The monoisotopic (exact) mass is 277 g/mol. The zero-order chi connectivity index (χ0) is 14.8. The van der Waals surface area contributed by atoms with E-state index >= 15 is 0 Å². The first-order chi connectivity index (χ1) is 9.67. The Balaban J connectivity index is 2.41. The van der Waals surface area contributed by atoms with Gasteiger partial charge in [-0.15, -0.1) is 0 Å². The first kappa shape index (κ1) is 16.2. The Hall–Kier alpha value is -1.88. The Kier molecular flexibility index (Phi) is 7.35. The van der Waals surface area contributed by atoms with E-state index in [1.807, 2.05) is 6.92 Å². The van der Waals surface area contributed by atoms with E-state index in [-0.39, 0.29) is 11.8 Å². The van der Waals surface area contributed by atoms with Gasteiger partial charge in [-0.05, 0) is 44.2 Å². The van der Waals surface area contributed by atoms with Gasteiger partial charge in [0.05, 0.1) is 6.54 Å². The lowest BCUT2D eigenvalue weighted by Crippen LogP contribution is -2.28. The van der Waals surface area contributed by atoms with Gasteiger partial charge in [-0.1, -0.05) is 13.3 Å². The maximum Gasteiger partial charge on any atom is 0.251 e. The number of rotatable bonds is 8. The highest BCUT2D eigenvalue weighted by Crippen LogP contribution is 2.09. The van der Waals surface area contributed by atoms with Gasteiger partial charge >= 0.3 is 0 Å². The first-order valence-electron chi connectivity index (χ1n) is 7.06. The molecule has 1 aromatic rings. The molecule has 0 saturated carbocycles. The molecule has 0 radical (unpaired) electrons. The molecule has 0 bridgehead atoms. The van der Waals surface area contributed by atoms with Gasteiger partial charge in [0.1, 0.15) is 0 Å². The molecule has 0 spiro atoms. The van der Waals surface area contributed by atoms with Gasteiger partial charge in [0.15, 0.2) is 0 Å². The third-order valence-corrected chi connectivity index (χ3v) is 2.76. The van der Waals surface area contributed by atoms with Crippen molar-refractivity contribution in [2.24, 2.45) is 0 Å². The number of benzene rings is 1. The minimum absolute atomic E-state index is 0.0770. The molecule has 0 aromatic heterocycles. The molecule has 0 aliphatic heterocycles. The fourth-order valence-electron chi connectivity index (χ4n) is 1.68.